The normalized spacial score (nSPS) is 18.0. The molecule has 2 saturated carbocycles. The molecule has 3 aromatic carbocycles. The minimum atomic E-state index is -4.69. The van der Waals surface area contributed by atoms with Crippen LogP contribution in [-0.2, 0) is 33.5 Å². The van der Waals surface area contributed by atoms with Crippen LogP contribution in [0.25, 0.3) is 33.4 Å². The van der Waals surface area contributed by atoms with Gasteiger partial charge in [-0.1, -0.05) is 96.9 Å². The lowest BCUT2D eigenvalue weighted by Crippen LogP contribution is -2.42. The molecule has 0 radical (unpaired) electrons. The molecule has 5 fully saturated rings. The quantitative estimate of drug-likeness (QED) is 0.122. The third-order valence-corrected chi connectivity index (χ3v) is 16.8. The number of amides is 3. The van der Waals surface area contributed by atoms with E-state index in [1.165, 1.54) is 11.8 Å². The first kappa shape index (κ1) is 60.0. The van der Waals surface area contributed by atoms with Gasteiger partial charge in [-0.25, -0.2) is 0 Å². The molecular weight excluding hydrogens is 1110 g/mol. The highest BCUT2D eigenvalue weighted by Crippen LogP contribution is 2.44. The molecule has 81 heavy (non-hydrogen) atoms. The van der Waals surface area contributed by atoms with Crippen LogP contribution in [0.15, 0.2) is 85.2 Å². The molecule has 3 N–H and O–H groups in total. The Bertz CT molecular complexity index is 3150. The molecule has 14 nitrogen and oxygen atoms in total. The summed E-state index contributed by atoms with van der Waals surface area (Å²) in [4.78, 5) is 48.2. The number of hydrogen-bond donors (Lipinski definition) is 3. The Morgan fingerprint density at radius 3 is 1.36 bits per heavy atom. The number of aliphatic hydroxyl groups is 2. The highest BCUT2D eigenvalue weighted by atomic mass is 35.5. The summed E-state index contributed by atoms with van der Waals surface area (Å²) in [5, 5.41) is 23.8. The molecule has 3 saturated heterocycles. The first-order valence-corrected chi connectivity index (χ1v) is 28.9. The molecule has 3 amide bonds. The van der Waals surface area contributed by atoms with Crippen LogP contribution < -0.4 is 0 Å². The highest BCUT2D eigenvalue weighted by molar-refractivity contribution is 6.31. The molecule has 6 aromatic rings. The van der Waals surface area contributed by atoms with E-state index < -0.39 is 29.0 Å². The molecule has 0 unspecified atom stereocenters. The fraction of sp³-hybridized carbons (Fsp3) is 0.459. The standard InChI is InChI=1S/C23H26ClF3N2O3.C22H27ClN2O3.C16H17ClN2O2/c1-15-18(16-4-6-17(24)7-5-16)19(21(30)28-10-12-32-13-11-28)29(20(15)23(25,26)27)14-22(31)8-2-3-9-22;1-16-14-25(15-22(27)8-2-3-9-22)20(21(26)24-10-12-28-13-11-24)19(16)17-4-6-18(23)7-5-17;1-11-10-18-15(16(20)19-6-8-21-9-7-19)14(11)12-2-4-13(17)5-3-12/h4-7,31H,2-3,8-14H2,1H3;4-7,14,27H,2-3,8-13,15H2,1H3;2-5,10,18H,6-9H2,1H3. The lowest BCUT2D eigenvalue weighted by molar-refractivity contribution is -0.145. The van der Waals surface area contributed by atoms with Crippen LogP contribution >= 0.6 is 34.8 Å². The lowest BCUT2D eigenvalue weighted by atomic mass is 10.00. The summed E-state index contributed by atoms with van der Waals surface area (Å²) in [6.45, 7) is 11.6. The smallest absolute Gasteiger partial charge is 0.388 e. The van der Waals surface area contributed by atoms with E-state index in [1.54, 1.807) is 24.3 Å². The van der Waals surface area contributed by atoms with E-state index in [2.05, 4.69) is 4.98 Å². The van der Waals surface area contributed by atoms with Crippen molar-refractivity contribution in [1.29, 1.82) is 0 Å². The number of aromatic nitrogens is 3. The number of alkyl halides is 3. The van der Waals surface area contributed by atoms with Crippen molar-refractivity contribution in [3.05, 3.63) is 140 Å². The second-order valence-corrected chi connectivity index (χ2v) is 23.1. The molecule has 5 aliphatic rings. The minimum absolute atomic E-state index is 0.00273. The number of rotatable bonds is 10. The third kappa shape index (κ3) is 13.9. The van der Waals surface area contributed by atoms with E-state index >= 15 is 0 Å². The number of halogens is 6. The Kier molecular flexibility index (Phi) is 19.2. The fourth-order valence-electron chi connectivity index (χ4n) is 11.9. The molecule has 0 atom stereocenters. The van der Waals surface area contributed by atoms with Gasteiger partial charge in [0.2, 0.25) is 0 Å². The molecular formula is C61H70Cl3F3N6O8. The van der Waals surface area contributed by atoms with Gasteiger partial charge in [0.15, 0.2) is 0 Å². The Hall–Kier alpha value is -5.63. The van der Waals surface area contributed by atoms with E-state index in [9.17, 15) is 37.8 Å². The maximum atomic E-state index is 14.3. The predicted octanol–water partition coefficient (Wildman–Crippen LogP) is 11.9. The van der Waals surface area contributed by atoms with Gasteiger partial charge in [-0.2, -0.15) is 13.2 Å². The van der Waals surface area contributed by atoms with Gasteiger partial charge in [0.25, 0.3) is 17.7 Å². The van der Waals surface area contributed by atoms with E-state index in [4.69, 9.17) is 49.0 Å². The van der Waals surface area contributed by atoms with Gasteiger partial charge in [0.05, 0.1) is 63.9 Å². The molecule has 0 bridgehead atoms. The van der Waals surface area contributed by atoms with Crippen molar-refractivity contribution in [2.45, 2.75) is 103 Å². The second kappa shape index (κ2) is 25.9. The number of aryl methyl sites for hydroxylation is 2. The lowest BCUT2D eigenvalue weighted by Gasteiger charge is -2.30. The van der Waals surface area contributed by atoms with Crippen LogP contribution in [-0.4, -0.2) is 147 Å². The summed E-state index contributed by atoms with van der Waals surface area (Å²) in [6, 6.07) is 21.6. The number of H-pyrrole nitrogens is 1. The molecule has 6 heterocycles. The summed E-state index contributed by atoms with van der Waals surface area (Å²) in [6.07, 6.45) is 5.13. The Morgan fingerprint density at radius 2 is 0.926 bits per heavy atom. The number of hydrogen-bond acceptors (Lipinski definition) is 8. The van der Waals surface area contributed by atoms with Gasteiger partial charge >= 0.3 is 6.18 Å². The van der Waals surface area contributed by atoms with E-state index in [0.717, 1.165) is 76.5 Å². The summed E-state index contributed by atoms with van der Waals surface area (Å²) in [5.41, 5.74) is 4.94. The number of benzene rings is 3. The van der Waals surface area contributed by atoms with Crippen molar-refractivity contribution in [2.75, 3.05) is 78.9 Å². The topological polar surface area (TPSA) is 155 Å². The van der Waals surface area contributed by atoms with Crippen LogP contribution in [0, 0.1) is 20.8 Å². The second-order valence-electron chi connectivity index (χ2n) is 21.8. The van der Waals surface area contributed by atoms with Gasteiger partial charge < -0.3 is 53.2 Å². The average Bonchev–Trinajstić information content (AvgIpc) is 4.39. The van der Waals surface area contributed by atoms with Gasteiger partial charge in [-0.3, -0.25) is 14.4 Å². The Labute approximate surface area is 485 Å². The summed E-state index contributed by atoms with van der Waals surface area (Å²) in [5.74, 6) is -0.460. The largest absolute Gasteiger partial charge is 0.431 e. The van der Waals surface area contributed by atoms with Crippen LogP contribution in [0.4, 0.5) is 13.2 Å². The number of nitrogens with zero attached hydrogens (tertiary/aromatic N) is 5. The maximum Gasteiger partial charge on any atom is 0.431 e. The van der Waals surface area contributed by atoms with Crippen LogP contribution in [0.2, 0.25) is 15.1 Å². The van der Waals surface area contributed by atoms with E-state index in [0.29, 0.717) is 130 Å². The zero-order valence-corrected chi connectivity index (χ0v) is 48.3. The number of carbonyl (C=O) groups excluding carboxylic acids is 3. The monoisotopic (exact) mass is 1180 g/mol. The van der Waals surface area contributed by atoms with Gasteiger partial charge in [-0.15, -0.1) is 0 Å². The van der Waals surface area contributed by atoms with Crippen LogP contribution in [0.3, 0.4) is 0 Å². The van der Waals surface area contributed by atoms with Crippen LogP contribution in [0.1, 0.15) is 105 Å². The first-order chi connectivity index (χ1) is 38.7. The van der Waals surface area contributed by atoms with E-state index in [-0.39, 0.29) is 35.2 Å². The maximum absolute atomic E-state index is 14.3. The third-order valence-electron chi connectivity index (χ3n) is 16.0. The van der Waals surface area contributed by atoms with Gasteiger partial charge in [0.1, 0.15) is 22.8 Å². The summed E-state index contributed by atoms with van der Waals surface area (Å²) < 4.78 is 62.0. The SMILES string of the molecule is Cc1c(-c2ccc(Cl)cc2)c(C(=O)N2CCOCC2)n(CC2(O)CCCC2)c1C(F)(F)F.Cc1c[nH]c(C(=O)N2CCOCC2)c1-c1ccc(Cl)cc1.Cc1cn(CC2(O)CCCC2)c(C(=O)N2CCOCC2)c1-c1ccc(Cl)cc1. The average molecular weight is 1180 g/mol. The Morgan fingerprint density at radius 1 is 0.543 bits per heavy atom. The summed E-state index contributed by atoms with van der Waals surface area (Å²) in [7, 11) is 0. The molecule has 2 aliphatic carbocycles. The molecule has 434 valence electrons. The highest BCUT2D eigenvalue weighted by Gasteiger charge is 2.45. The van der Waals surface area contributed by atoms with Crippen molar-refractivity contribution in [3.8, 4) is 33.4 Å². The minimum Gasteiger partial charge on any atom is -0.388 e. The first-order valence-electron chi connectivity index (χ1n) is 27.8. The van der Waals surface area contributed by atoms with Crippen LogP contribution in [0.5, 0.6) is 0 Å². The van der Waals surface area contributed by atoms with Gasteiger partial charge in [-0.05, 0) is 116 Å². The Balaban J connectivity index is 0.000000150. The zero-order valence-electron chi connectivity index (χ0n) is 46.0. The van der Waals surface area contributed by atoms with E-state index in [1.807, 2.05) is 89.1 Å². The van der Waals surface area contributed by atoms with Crippen molar-refractivity contribution in [3.63, 3.8) is 0 Å². The number of carbonyl (C=O) groups is 3. The molecule has 20 heteroatoms. The molecule has 11 rings (SSSR count). The number of aromatic amines is 1. The predicted molar refractivity (Wildman–Crippen MR) is 307 cm³/mol. The molecule has 0 spiro atoms. The summed E-state index contributed by atoms with van der Waals surface area (Å²) >= 11 is 18.0. The van der Waals surface area contributed by atoms with Crippen molar-refractivity contribution >= 4 is 52.5 Å². The fourth-order valence-corrected chi connectivity index (χ4v) is 12.3. The van der Waals surface area contributed by atoms with Crippen molar-refractivity contribution in [1.82, 2.24) is 28.8 Å². The number of morpholine rings is 3. The van der Waals surface area contributed by atoms with Gasteiger partial charge in [0, 0.05) is 83.4 Å². The number of nitrogens with one attached hydrogen (secondary N) is 1. The molecule has 3 aliphatic heterocycles. The number of ether oxygens (including phenoxy) is 3. The van der Waals surface area contributed by atoms with Crippen molar-refractivity contribution < 1.29 is 52.0 Å². The van der Waals surface area contributed by atoms with Crippen molar-refractivity contribution in [2.24, 2.45) is 0 Å². The molecule has 3 aromatic heterocycles. The zero-order chi connectivity index (χ0) is 57.6.